The van der Waals surface area contributed by atoms with Crippen LogP contribution in [0.5, 0.6) is 0 Å². The number of carbonyl (C=O) groups is 1. The van der Waals surface area contributed by atoms with Crippen molar-refractivity contribution >= 4 is 5.97 Å². The predicted molar refractivity (Wildman–Crippen MR) is 58.8 cm³/mol. The Bertz CT molecular complexity index is 221. The van der Waals surface area contributed by atoms with E-state index in [9.17, 15) is 9.90 Å². The molecule has 0 radical (unpaired) electrons. The fourth-order valence-electron chi connectivity index (χ4n) is 2.51. The Labute approximate surface area is 91.8 Å². The zero-order valence-electron chi connectivity index (χ0n) is 9.95. The molecule has 0 aliphatic heterocycles. The smallest absolute Gasteiger partial charge is 0.335 e. The van der Waals surface area contributed by atoms with Gasteiger partial charge in [-0.1, -0.05) is 13.8 Å². The Balaban J connectivity index is 2.75. The molecule has 0 aromatic carbocycles. The van der Waals surface area contributed by atoms with Crippen LogP contribution in [0.25, 0.3) is 0 Å². The van der Waals surface area contributed by atoms with Crippen molar-refractivity contribution in [3.63, 3.8) is 0 Å². The summed E-state index contributed by atoms with van der Waals surface area (Å²) in [6.45, 7) is 6.67. The number of rotatable bonds is 4. The monoisotopic (exact) mass is 214 g/mol. The highest BCUT2D eigenvalue weighted by atomic mass is 16.5. The molecule has 2 unspecified atom stereocenters. The number of carboxylic acid groups (broad SMARTS) is 1. The summed E-state index contributed by atoms with van der Waals surface area (Å²) in [4.78, 5) is 11.3. The van der Waals surface area contributed by atoms with Crippen LogP contribution in [-0.2, 0) is 9.53 Å². The molecule has 0 aromatic rings. The van der Waals surface area contributed by atoms with Gasteiger partial charge in [-0.15, -0.1) is 0 Å². The summed E-state index contributed by atoms with van der Waals surface area (Å²) in [6.07, 6.45) is 3.45. The molecule has 1 saturated carbocycles. The Hall–Kier alpha value is -0.570. The van der Waals surface area contributed by atoms with Crippen LogP contribution >= 0.6 is 0 Å². The summed E-state index contributed by atoms with van der Waals surface area (Å²) >= 11 is 0. The second-order valence-electron chi connectivity index (χ2n) is 4.83. The largest absolute Gasteiger partial charge is 0.479 e. The van der Waals surface area contributed by atoms with E-state index in [1.165, 1.54) is 0 Å². The summed E-state index contributed by atoms with van der Waals surface area (Å²) in [7, 11) is 0. The zero-order chi connectivity index (χ0) is 11.5. The highest BCUT2D eigenvalue weighted by Crippen LogP contribution is 2.38. The molecule has 0 amide bonds. The highest BCUT2D eigenvalue weighted by Gasteiger charge is 2.44. The van der Waals surface area contributed by atoms with Crippen LogP contribution in [0.15, 0.2) is 0 Å². The van der Waals surface area contributed by atoms with Crippen LogP contribution in [0.3, 0.4) is 0 Å². The summed E-state index contributed by atoms with van der Waals surface area (Å²) in [5.74, 6) is 0.251. The molecule has 15 heavy (non-hydrogen) atoms. The number of aliphatic carboxylic acids is 1. The molecule has 1 aliphatic carbocycles. The lowest BCUT2D eigenvalue weighted by Gasteiger charge is -2.38. The minimum atomic E-state index is -0.901. The van der Waals surface area contributed by atoms with E-state index in [0.717, 1.165) is 12.8 Å². The van der Waals surface area contributed by atoms with E-state index in [1.807, 2.05) is 6.92 Å². The van der Waals surface area contributed by atoms with Gasteiger partial charge in [0.2, 0.25) is 0 Å². The van der Waals surface area contributed by atoms with Gasteiger partial charge < -0.3 is 9.84 Å². The van der Waals surface area contributed by atoms with Crippen LogP contribution in [0.4, 0.5) is 0 Å². The number of hydrogen-bond donors (Lipinski definition) is 1. The maximum atomic E-state index is 11.3. The third kappa shape index (κ3) is 2.71. The Kier molecular flexibility index (Phi) is 4.14. The van der Waals surface area contributed by atoms with Crippen molar-refractivity contribution in [2.45, 2.75) is 52.1 Å². The maximum absolute atomic E-state index is 11.3. The predicted octanol–water partition coefficient (Wildman–Crippen LogP) is 2.69. The van der Waals surface area contributed by atoms with Gasteiger partial charge in [-0.3, -0.25) is 0 Å². The van der Waals surface area contributed by atoms with Crippen molar-refractivity contribution in [1.82, 2.24) is 0 Å². The van der Waals surface area contributed by atoms with Crippen LogP contribution in [-0.4, -0.2) is 23.3 Å². The molecule has 1 rings (SSSR count). The summed E-state index contributed by atoms with van der Waals surface area (Å²) in [6, 6.07) is 0. The quantitative estimate of drug-likeness (QED) is 0.782. The van der Waals surface area contributed by atoms with Gasteiger partial charge in [-0.25, -0.2) is 4.79 Å². The van der Waals surface area contributed by atoms with Gasteiger partial charge in [0.25, 0.3) is 0 Å². The first-order valence-corrected chi connectivity index (χ1v) is 5.89. The lowest BCUT2D eigenvalue weighted by atomic mass is 9.73. The average Bonchev–Trinajstić information content (AvgIpc) is 2.18. The van der Waals surface area contributed by atoms with Crippen molar-refractivity contribution < 1.29 is 14.6 Å². The number of ether oxygens (including phenoxy) is 1. The van der Waals surface area contributed by atoms with E-state index < -0.39 is 11.6 Å². The molecule has 88 valence electrons. The standard InChI is InChI=1S/C12H22O3/c1-4-15-12(11(13)14)7-5-6-10(8-12)9(2)3/h9-10H,4-8H2,1-3H3,(H,13,14). The molecule has 0 heterocycles. The van der Waals surface area contributed by atoms with Gasteiger partial charge in [0.05, 0.1) is 0 Å². The first-order chi connectivity index (χ1) is 7.02. The SMILES string of the molecule is CCOC1(C(=O)O)CCCC(C(C)C)C1. The topological polar surface area (TPSA) is 46.5 Å². The normalized spacial score (nSPS) is 31.9. The first-order valence-electron chi connectivity index (χ1n) is 5.89. The molecule has 1 aliphatic rings. The second kappa shape index (κ2) is 4.97. The third-order valence-electron chi connectivity index (χ3n) is 3.50. The average molecular weight is 214 g/mol. The first kappa shape index (κ1) is 12.5. The fraction of sp³-hybridized carbons (Fsp3) is 0.917. The molecule has 0 bridgehead atoms. The molecule has 0 aromatic heterocycles. The summed E-state index contributed by atoms with van der Waals surface area (Å²) in [5.41, 5.74) is -0.901. The van der Waals surface area contributed by atoms with Crippen LogP contribution in [0.2, 0.25) is 0 Å². The highest BCUT2D eigenvalue weighted by molar-refractivity contribution is 5.77. The molecular formula is C12H22O3. The molecule has 0 saturated heterocycles. The minimum Gasteiger partial charge on any atom is -0.479 e. The number of carboxylic acids is 1. The van der Waals surface area contributed by atoms with Crippen LogP contribution in [0, 0.1) is 11.8 Å². The van der Waals surface area contributed by atoms with Crippen molar-refractivity contribution in [3.05, 3.63) is 0 Å². The van der Waals surface area contributed by atoms with Crippen LogP contribution < -0.4 is 0 Å². The second-order valence-corrected chi connectivity index (χ2v) is 4.83. The van der Waals surface area contributed by atoms with Gasteiger partial charge in [0.1, 0.15) is 0 Å². The van der Waals surface area contributed by atoms with E-state index >= 15 is 0 Å². The van der Waals surface area contributed by atoms with Crippen molar-refractivity contribution in [2.75, 3.05) is 6.61 Å². The van der Waals surface area contributed by atoms with E-state index in [-0.39, 0.29) is 0 Å². The molecule has 3 nitrogen and oxygen atoms in total. The van der Waals surface area contributed by atoms with Gasteiger partial charge in [-0.2, -0.15) is 0 Å². The molecular weight excluding hydrogens is 192 g/mol. The lowest BCUT2D eigenvalue weighted by Crippen LogP contribution is -2.46. The van der Waals surface area contributed by atoms with Crippen molar-refractivity contribution in [2.24, 2.45) is 11.8 Å². The third-order valence-corrected chi connectivity index (χ3v) is 3.50. The van der Waals surface area contributed by atoms with Crippen molar-refractivity contribution in [1.29, 1.82) is 0 Å². The van der Waals surface area contributed by atoms with Gasteiger partial charge in [-0.05, 0) is 44.4 Å². The van der Waals surface area contributed by atoms with E-state index in [0.29, 0.717) is 31.3 Å². The summed E-state index contributed by atoms with van der Waals surface area (Å²) in [5, 5.41) is 9.29. The molecule has 0 spiro atoms. The lowest BCUT2D eigenvalue weighted by molar-refractivity contribution is -0.173. The minimum absolute atomic E-state index is 0.483. The molecule has 1 N–H and O–H groups in total. The number of hydrogen-bond acceptors (Lipinski definition) is 2. The van der Waals surface area contributed by atoms with Crippen LogP contribution in [0.1, 0.15) is 46.5 Å². The van der Waals surface area contributed by atoms with E-state index in [4.69, 9.17) is 4.74 Å². The Morgan fingerprint density at radius 2 is 2.27 bits per heavy atom. The van der Waals surface area contributed by atoms with Crippen molar-refractivity contribution in [3.8, 4) is 0 Å². The zero-order valence-corrected chi connectivity index (χ0v) is 9.95. The van der Waals surface area contributed by atoms with Gasteiger partial charge >= 0.3 is 5.97 Å². The van der Waals surface area contributed by atoms with Gasteiger partial charge in [0, 0.05) is 6.61 Å². The van der Waals surface area contributed by atoms with E-state index in [1.54, 1.807) is 0 Å². The Morgan fingerprint density at radius 1 is 1.60 bits per heavy atom. The van der Waals surface area contributed by atoms with E-state index in [2.05, 4.69) is 13.8 Å². The van der Waals surface area contributed by atoms with Gasteiger partial charge in [0.15, 0.2) is 5.60 Å². The fourth-order valence-corrected chi connectivity index (χ4v) is 2.51. The molecule has 3 heteroatoms. The Morgan fingerprint density at radius 3 is 2.73 bits per heavy atom. The summed E-state index contributed by atoms with van der Waals surface area (Å²) < 4.78 is 5.51. The molecule has 1 fully saturated rings. The molecule has 2 atom stereocenters. The maximum Gasteiger partial charge on any atom is 0.335 e.